The molecule has 1 N–H and O–H groups in total. The summed E-state index contributed by atoms with van der Waals surface area (Å²) in [5.41, 5.74) is 0.706. The third-order valence-electron chi connectivity index (χ3n) is 3.31. The number of aromatic amines is 1. The van der Waals surface area contributed by atoms with E-state index in [1.165, 1.54) is 11.8 Å². The lowest BCUT2D eigenvalue weighted by molar-refractivity contribution is 0.602. The van der Waals surface area contributed by atoms with E-state index in [-0.39, 0.29) is 10.9 Å². The van der Waals surface area contributed by atoms with Crippen LogP contribution < -0.4 is 5.69 Å². The largest absolute Gasteiger partial charge is 0.343 e. The minimum absolute atomic E-state index is 0.0592. The van der Waals surface area contributed by atoms with Gasteiger partial charge in [-0.1, -0.05) is 36.9 Å². The van der Waals surface area contributed by atoms with Crippen molar-refractivity contribution in [3.63, 3.8) is 0 Å². The second kappa shape index (κ2) is 6.78. The Morgan fingerprint density at radius 2 is 2.09 bits per heavy atom. The molecule has 1 unspecified atom stereocenters. The molecule has 0 fully saturated rings. The number of nitrogens with zero attached hydrogens (tertiary/aromatic N) is 6. The summed E-state index contributed by atoms with van der Waals surface area (Å²) in [4.78, 5) is 11.8. The van der Waals surface area contributed by atoms with E-state index in [9.17, 15) is 4.79 Å². The summed E-state index contributed by atoms with van der Waals surface area (Å²) in [5, 5.41) is 19.1. The predicted molar refractivity (Wildman–Crippen MR) is 86.6 cm³/mol. The molecule has 1 aromatic carbocycles. The molecule has 23 heavy (non-hydrogen) atoms. The molecule has 2 aromatic heterocycles. The Labute approximate surface area is 136 Å². The summed E-state index contributed by atoms with van der Waals surface area (Å²) in [7, 11) is 0. The summed E-state index contributed by atoms with van der Waals surface area (Å²) < 4.78 is 3.34. The SMILES string of the molecule is CCCn1c(SC(C)c2nnnn2-c2ccccc2)n[nH]c1=O. The lowest BCUT2D eigenvalue weighted by atomic mass is 10.3. The van der Waals surface area contributed by atoms with E-state index >= 15 is 0 Å². The smallest absolute Gasteiger partial charge is 0.270 e. The summed E-state index contributed by atoms with van der Waals surface area (Å²) >= 11 is 1.45. The van der Waals surface area contributed by atoms with Crippen LogP contribution >= 0.6 is 11.8 Å². The molecule has 0 aliphatic rings. The highest BCUT2D eigenvalue weighted by Crippen LogP contribution is 2.32. The zero-order chi connectivity index (χ0) is 16.2. The average Bonchev–Trinajstić information content (AvgIpc) is 3.18. The number of hydrogen-bond donors (Lipinski definition) is 1. The van der Waals surface area contributed by atoms with Gasteiger partial charge in [-0.25, -0.2) is 9.89 Å². The van der Waals surface area contributed by atoms with Crippen molar-refractivity contribution in [3.8, 4) is 5.69 Å². The van der Waals surface area contributed by atoms with Crippen molar-refractivity contribution in [2.24, 2.45) is 0 Å². The summed E-state index contributed by atoms with van der Waals surface area (Å²) in [6.07, 6.45) is 0.864. The Hall–Kier alpha value is -2.42. The second-order valence-corrected chi connectivity index (χ2v) is 6.32. The van der Waals surface area contributed by atoms with Crippen LogP contribution in [0.5, 0.6) is 0 Å². The molecule has 0 radical (unpaired) electrons. The fourth-order valence-corrected chi connectivity index (χ4v) is 3.19. The average molecular weight is 331 g/mol. The van der Waals surface area contributed by atoms with Gasteiger partial charge in [0.1, 0.15) is 0 Å². The molecule has 0 spiro atoms. The molecular weight excluding hydrogens is 314 g/mol. The number of para-hydroxylation sites is 1. The van der Waals surface area contributed by atoms with Gasteiger partial charge in [-0.15, -0.1) is 10.2 Å². The molecule has 2 heterocycles. The van der Waals surface area contributed by atoms with Crippen LogP contribution in [0.2, 0.25) is 0 Å². The summed E-state index contributed by atoms with van der Waals surface area (Å²) in [6.45, 7) is 4.65. The number of nitrogens with one attached hydrogen (secondary N) is 1. The number of H-pyrrole nitrogens is 1. The van der Waals surface area contributed by atoms with E-state index in [1.807, 2.05) is 44.2 Å². The van der Waals surface area contributed by atoms with Gasteiger partial charge in [-0.05, 0) is 35.9 Å². The Balaban J connectivity index is 1.87. The van der Waals surface area contributed by atoms with E-state index in [1.54, 1.807) is 9.25 Å². The monoisotopic (exact) mass is 331 g/mol. The third-order valence-corrected chi connectivity index (χ3v) is 4.40. The zero-order valence-electron chi connectivity index (χ0n) is 12.9. The van der Waals surface area contributed by atoms with E-state index < -0.39 is 0 Å². The van der Waals surface area contributed by atoms with Gasteiger partial charge >= 0.3 is 5.69 Å². The Morgan fingerprint density at radius 1 is 1.30 bits per heavy atom. The molecule has 120 valence electrons. The predicted octanol–water partition coefficient (Wildman–Crippen LogP) is 1.81. The molecule has 0 saturated heterocycles. The molecule has 0 bridgehead atoms. The molecule has 8 nitrogen and oxygen atoms in total. The van der Waals surface area contributed by atoms with Gasteiger partial charge in [0.25, 0.3) is 0 Å². The third kappa shape index (κ3) is 3.19. The van der Waals surface area contributed by atoms with Crippen molar-refractivity contribution >= 4 is 11.8 Å². The number of aromatic nitrogens is 7. The molecule has 0 aliphatic carbocycles. The second-order valence-electron chi connectivity index (χ2n) is 5.01. The van der Waals surface area contributed by atoms with Gasteiger partial charge in [0.2, 0.25) is 0 Å². The van der Waals surface area contributed by atoms with Crippen LogP contribution in [0.1, 0.15) is 31.3 Å². The van der Waals surface area contributed by atoms with E-state index in [0.717, 1.165) is 12.1 Å². The molecule has 3 rings (SSSR count). The highest BCUT2D eigenvalue weighted by molar-refractivity contribution is 7.99. The van der Waals surface area contributed by atoms with E-state index in [4.69, 9.17) is 0 Å². The molecule has 1 atom stereocenters. The standard InChI is InChI=1S/C14H17N7OS/c1-3-9-20-13(22)16-17-14(20)23-10(2)12-15-18-19-21(12)11-7-5-4-6-8-11/h4-8,10H,3,9H2,1-2H3,(H,16,22). The fraction of sp³-hybridized carbons (Fsp3) is 0.357. The molecule has 9 heteroatoms. The molecular formula is C14H17N7OS. The zero-order valence-corrected chi connectivity index (χ0v) is 13.7. The number of thioether (sulfide) groups is 1. The van der Waals surface area contributed by atoms with Crippen molar-refractivity contribution in [1.29, 1.82) is 0 Å². The van der Waals surface area contributed by atoms with Crippen LogP contribution in [0.4, 0.5) is 0 Å². The van der Waals surface area contributed by atoms with Gasteiger partial charge in [0.05, 0.1) is 10.9 Å². The van der Waals surface area contributed by atoms with Crippen LogP contribution in [-0.4, -0.2) is 35.0 Å². The Morgan fingerprint density at radius 3 is 2.83 bits per heavy atom. The fourth-order valence-electron chi connectivity index (χ4n) is 2.23. The maximum absolute atomic E-state index is 11.8. The Kier molecular flexibility index (Phi) is 4.56. The topological polar surface area (TPSA) is 94.3 Å². The van der Waals surface area contributed by atoms with E-state index in [2.05, 4.69) is 25.7 Å². The number of hydrogen-bond acceptors (Lipinski definition) is 6. The maximum Gasteiger partial charge on any atom is 0.343 e. The van der Waals surface area contributed by atoms with E-state index in [0.29, 0.717) is 17.5 Å². The normalized spacial score (nSPS) is 12.4. The van der Waals surface area contributed by atoms with Gasteiger partial charge in [-0.3, -0.25) is 4.57 Å². The molecule has 0 aliphatic heterocycles. The van der Waals surface area contributed by atoms with Crippen LogP contribution in [0, 0.1) is 0 Å². The highest BCUT2D eigenvalue weighted by Gasteiger charge is 2.20. The quantitative estimate of drug-likeness (QED) is 0.692. The minimum atomic E-state index is -0.191. The first-order valence-electron chi connectivity index (χ1n) is 7.36. The van der Waals surface area contributed by atoms with Crippen LogP contribution in [0.25, 0.3) is 5.69 Å². The molecule has 3 aromatic rings. The summed E-state index contributed by atoms with van der Waals surface area (Å²) in [6, 6.07) is 9.70. The van der Waals surface area contributed by atoms with Crippen molar-refractivity contribution < 1.29 is 0 Å². The lowest BCUT2D eigenvalue weighted by Gasteiger charge is -2.11. The van der Waals surface area contributed by atoms with Crippen molar-refractivity contribution in [3.05, 3.63) is 46.6 Å². The lowest BCUT2D eigenvalue weighted by Crippen LogP contribution is -2.17. The van der Waals surface area contributed by atoms with Crippen molar-refractivity contribution in [2.75, 3.05) is 0 Å². The molecule has 0 saturated carbocycles. The first kappa shape index (κ1) is 15.5. The minimum Gasteiger partial charge on any atom is -0.270 e. The van der Waals surface area contributed by atoms with Gasteiger partial charge < -0.3 is 0 Å². The molecule has 0 amide bonds. The summed E-state index contributed by atoms with van der Waals surface area (Å²) in [5.74, 6) is 0.708. The number of tetrazole rings is 1. The van der Waals surface area contributed by atoms with Gasteiger partial charge in [0, 0.05) is 6.54 Å². The van der Waals surface area contributed by atoms with Gasteiger partial charge in [0.15, 0.2) is 11.0 Å². The first-order chi connectivity index (χ1) is 11.2. The highest BCUT2D eigenvalue weighted by atomic mass is 32.2. The Bertz CT molecular complexity index is 823. The first-order valence-corrected chi connectivity index (χ1v) is 8.24. The van der Waals surface area contributed by atoms with Crippen LogP contribution in [0.3, 0.4) is 0 Å². The van der Waals surface area contributed by atoms with Gasteiger partial charge in [-0.2, -0.15) is 4.68 Å². The number of rotatable bonds is 6. The van der Waals surface area contributed by atoms with Crippen LogP contribution in [0.15, 0.2) is 40.3 Å². The van der Waals surface area contributed by atoms with Crippen molar-refractivity contribution in [2.45, 2.75) is 37.2 Å². The van der Waals surface area contributed by atoms with Crippen molar-refractivity contribution in [1.82, 2.24) is 35.0 Å². The maximum atomic E-state index is 11.8. The number of benzene rings is 1. The van der Waals surface area contributed by atoms with Crippen LogP contribution in [-0.2, 0) is 6.54 Å².